The van der Waals surface area contributed by atoms with Crippen LogP contribution >= 0.6 is 11.3 Å². The zero-order valence-electron chi connectivity index (χ0n) is 10.4. The normalized spacial score (nSPS) is 11.9. The van der Waals surface area contributed by atoms with Crippen molar-refractivity contribution < 1.29 is 0 Å². The summed E-state index contributed by atoms with van der Waals surface area (Å²) in [7, 11) is 0. The molecule has 0 bridgehead atoms. The van der Waals surface area contributed by atoms with Crippen molar-refractivity contribution in [2.45, 2.75) is 26.8 Å². The Kier molecular flexibility index (Phi) is 3.53. The molecule has 0 aliphatic heterocycles. The number of thiazole rings is 1. The van der Waals surface area contributed by atoms with E-state index in [0.29, 0.717) is 11.6 Å². The first-order chi connectivity index (χ1) is 8.60. The van der Waals surface area contributed by atoms with Gasteiger partial charge in [0.15, 0.2) is 0 Å². The zero-order chi connectivity index (χ0) is 13.1. The third kappa shape index (κ3) is 2.63. The van der Waals surface area contributed by atoms with E-state index < -0.39 is 0 Å². The number of nitrogens with one attached hydrogen (secondary N) is 1. The van der Waals surface area contributed by atoms with Crippen molar-refractivity contribution in [3.8, 4) is 6.07 Å². The Balaban J connectivity index is 2.18. The molecule has 1 unspecified atom stereocenters. The van der Waals surface area contributed by atoms with E-state index in [2.05, 4.69) is 20.3 Å². The first-order valence-electron chi connectivity index (χ1n) is 5.53. The molecule has 0 saturated carbocycles. The van der Waals surface area contributed by atoms with Crippen molar-refractivity contribution in [3.63, 3.8) is 0 Å². The van der Waals surface area contributed by atoms with Gasteiger partial charge in [-0.25, -0.2) is 15.0 Å². The van der Waals surface area contributed by atoms with Crippen LogP contribution in [0.5, 0.6) is 0 Å². The highest BCUT2D eigenvalue weighted by atomic mass is 32.1. The van der Waals surface area contributed by atoms with Crippen molar-refractivity contribution in [1.29, 1.82) is 5.26 Å². The lowest BCUT2D eigenvalue weighted by atomic mass is 10.2. The van der Waals surface area contributed by atoms with Crippen LogP contribution in [0.2, 0.25) is 0 Å². The molecule has 0 aliphatic rings. The molecule has 0 fully saturated rings. The zero-order valence-corrected chi connectivity index (χ0v) is 11.2. The maximum atomic E-state index is 8.78. The molecule has 5 nitrogen and oxygen atoms in total. The van der Waals surface area contributed by atoms with E-state index in [0.717, 1.165) is 10.7 Å². The number of nitriles is 1. The van der Waals surface area contributed by atoms with Gasteiger partial charge in [0.1, 0.15) is 11.8 Å². The van der Waals surface area contributed by atoms with Gasteiger partial charge in [-0.2, -0.15) is 5.26 Å². The van der Waals surface area contributed by atoms with E-state index in [-0.39, 0.29) is 6.04 Å². The van der Waals surface area contributed by atoms with E-state index in [9.17, 15) is 0 Å². The third-order valence-electron chi connectivity index (χ3n) is 2.45. The fourth-order valence-electron chi connectivity index (χ4n) is 1.70. The molecule has 2 rings (SSSR count). The maximum Gasteiger partial charge on any atom is 0.224 e. The fraction of sp³-hybridized carbons (Fsp3) is 0.333. The molecule has 18 heavy (non-hydrogen) atoms. The standard InChI is InChI=1S/C12H13N5S/c1-7-11(18-9(3)15-7)8(2)16-12-14-5-4-10(6-13)17-12/h4-5,8H,1-3H3,(H,14,16,17). The van der Waals surface area contributed by atoms with Gasteiger partial charge in [-0.1, -0.05) is 0 Å². The molecule has 6 heteroatoms. The van der Waals surface area contributed by atoms with Crippen molar-refractivity contribution in [2.75, 3.05) is 5.32 Å². The number of hydrogen-bond acceptors (Lipinski definition) is 6. The maximum absolute atomic E-state index is 8.78. The molecular weight excluding hydrogens is 246 g/mol. The second-order valence-corrected chi connectivity index (χ2v) is 5.16. The summed E-state index contributed by atoms with van der Waals surface area (Å²) in [6.07, 6.45) is 1.57. The molecule has 0 aliphatic carbocycles. The van der Waals surface area contributed by atoms with Gasteiger partial charge in [-0.3, -0.25) is 0 Å². The largest absolute Gasteiger partial charge is 0.347 e. The molecule has 2 aromatic heterocycles. The molecule has 0 spiro atoms. The summed E-state index contributed by atoms with van der Waals surface area (Å²) in [5.41, 5.74) is 1.38. The predicted molar refractivity (Wildman–Crippen MR) is 70.4 cm³/mol. The van der Waals surface area contributed by atoms with Crippen LogP contribution in [-0.2, 0) is 0 Å². The van der Waals surface area contributed by atoms with E-state index >= 15 is 0 Å². The predicted octanol–water partition coefficient (Wildman–Crippen LogP) is 2.59. The highest BCUT2D eigenvalue weighted by Crippen LogP contribution is 2.26. The Morgan fingerprint density at radius 3 is 2.78 bits per heavy atom. The van der Waals surface area contributed by atoms with Crippen LogP contribution in [0, 0.1) is 25.2 Å². The van der Waals surface area contributed by atoms with Crippen LogP contribution in [0.3, 0.4) is 0 Å². The van der Waals surface area contributed by atoms with Crippen LogP contribution in [0.1, 0.15) is 34.2 Å². The summed E-state index contributed by atoms with van der Waals surface area (Å²) in [5.74, 6) is 0.465. The summed E-state index contributed by atoms with van der Waals surface area (Å²) >= 11 is 1.66. The van der Waals surface area contributed by atoms with Crippen molar-refractivity contribution in [3.05, 3.63) is 33.5 Å². The van der Waals surface area contributed by atoms with Crippen LogP contribution in [0.4, 0.5) is 5.95 Å². The van der Waals surface area contributed by atoms with Gasteiger partial charge in [0.2, 0.25) is 5.95 Å². The van der Waals surface area contributed by atoms with Crippen LogP contribution in [0.15, 0.2) is 12.3 Å². The molecule has 0 aromatic carbocycles. The van der Waals surface area contributed by atoms with Crippen LogP contribution < -0.4 is 5.32 Å². The Morgan fingerprint density at radius 2 is 2.17 bits per heavy atom. The van der Waals surface area contributed by atoms with Crippen LogP contribution in [-0.4, -0.2) is 15.0 Å². The van der Waals surface area contributed by atoms with Crippen molar-refractivity contribution in [1.82, 2.24) is 15.0 Å². The number of aryl methyl sites for hydroxylation is 2. The Hall–Kier alpha value is -2.00. The van der Waals surface area contributed by atoms with E-state index in [1.165, 1.54) is 4.88 Å². The number of anilines is 1. The molecule has 1 N–H and O–H groups in total. The van der Waals surface area contributed by atoms with Gasteiger partial charge < -0.3 is 5.32 Å². The number of hydrogen-bond donors (Lipinski definition) is 1. The highest BCUT2D eigenvalue weighted by Gasteiger charge is 2.13. The number of nitrogens with zero attached hydrogens (tertiary/aromatic N) is 4. The third-order valence-corrected chi connectivity index (χ3v) is 3.70. The molecule has 2 heterocycles. The van der Waals surface area contributed by atoms with Gasteiger partial charge in [-0.15, -0.1) is 11.3 Å². The van der Waals surface area contributed by atoms with Gasteiger partial charge in [0, 0.05) is 11.1 Å². The Morgan fingerprint density at radius 1 is 1.39 bits per heavy atom. The molecule has 2 aromatic rings. The minimum absolute atomic E-state index is 0.0742. The summed E-state index contributed by atoms with van der Waals surface area (Å²) in [4.78, 5) is 13.8. The lowest BCUT2D eigenvalue weighted by molar-refractivity contribution is 0.864. The summed E-state index contributed by atoms with van der Waals surface area (Å²) in [5, 5.41) is 13.0. The molecule has 0 radical (unpaired) electrons. The van der Waals surface area contributed by atoms with Crippen molar-refractivity contribution in [2.24, 2.45) is 0 Å². The Bertz CT molecular complexity index is 599. The second-order valence-electron chi connectivity index (χ2n) is 3.93. The summed E-state index contributed by atoms with van der Waals surface area (Å²) < 4.78 is 0. The lowest BCUT2D eigenvalue weighted by Gasteiger charge is -2.12. The van der Waals surface area contributed by atoms with Gasteiger partial charge >= 0.3 is 0 Å². The first kappa shape index (κ1) is 12.5. The monoisotopic (exact) mass is 259 g/mol. The molecule has 1 atom stereocenters. The topological polar surface area (TPSA) is 74.5 Å². The van der Waals surface area contributed by atoms with Gasteiger partial charge in [0.25, 0.3) is 0 Å². The van der Waals surface area contributed by atoms with Gasteiger partial charge in [0.05, 0.1) is 16.7 Å². The average molecular weight is 259 g/mol. The summed E-state index contributed by atoms with van der Waals surface area (Å²) in [6, 6.07) is 3.65. The Labute approximate surface area is 110 Å². The highest BCUT2D eigenvalue weighted by molar-refractivity contribution is 7.11. The van der Waals surface area contributed by atoms with E-state index in [1.54, 1.807) is 23.6 Å². The number of aromatic nitrogens is 3. The minimum Gasteiger partial charge on any atom is -0.347 e. The van der Waals surface area contributed by atoms with Crippen LogP contribution in [0.25, 0.3) is 0 Å². The lowest BCUT2D eigenvalue weighted by Crippen LogP contribution is -2.09. The van der Waals surface area contributed by atoms with Crippen molar-refractivity contribution >= 4 is 17.3 Å². The quantitative estimate of drug-likeness (QED) is 0.917. The molecular formula is C12H13N5S. The molecule has 0 amide bonds. The number of rotatable bonds is 3. The fourth-order valence-corrected chi connectivity index (χ4v) is 2.63. The van der Waals surface area contributed by atoms with E-state index in [4.69, 9.17) is 5.26 Å². The SMILES string of the molecule is Cc1nc(C)c(C(C)Nc2nccc(C#N)n2)s1. The molecule has 92 valence electrons. The average Bonchev–Trinajstić information content (AvgIpc) is 2.69. The molecule has 0 saturated heterocycles. The van der Waals surface area contributed by atoms with E-state index in [1.807, 2.05) is 26.8 Å². The second kappa shape index (κ2) is 5.10. The minimum atomic E-state index is 0.0742. The summed E-state index contributed by atoms with van der Waals surface area (Å²) in [6.45, 7) is 6.01. The smallest absolute Gasteiger partial charge is 0.224 e. The van der Waals surface area contributed by atoms with Gasteiger partial charge in [-0.05, 0) is 26.8 Å². The first-order valence-corrected chi connectivity index (χ1v) is 6.35.